The van der Waals surface area contributed by atoms with Crippen LogP contribution in [0.1, 0.15) is 37.7 Å². The molecule has 2 aromatic carbocycles. The highest BCUT2D eigenvalue weighted by atomic mass is 32.2. The van der Waals surface area contributed by atoms with Gasteiger partial charge in [0.15, 0.2) is 9.84 Å². The monoisotopic (exact) mass is 443 g/mol. The van der Waals surface area contributed by atoms with Gasteiger partial charge >= 0.3 is 0 Å². The molecule has 0 atom stereocenters. The van der Waals surface area contributed by atoms with Crippen molar-refractivity contribution in [3.63, 3.8) is 0 Å². The lowest BCUT2D eigenvalue weighted by Crippen LogP contribution is -2.41. The number of rotatable bonds is 5. The number of halogens is 1. The zero-order valence-corrected chi connectivity index (χ0v) is 18.1. The van der Waals surface area contributed by atoms with Crippen LogP contribution < -0.4 is 10.9 Å². The molecule has 3 aromatic rings. The summed E-state index contributed by atoms with van der Waals surface area (Å²) < 4.78 is 37.7. The molecule has 0 aliphatic carbocycles. The number of amides is 2. The maximum absolute atomic E-state index is 13.2. The molecule has 2 N–H and O–H groups in total. The summed E-state index contributed by atoms with van der Waals surface area (Å²) in [4.78, 5) is 24.9. The maximum atomic E-state index is 13.2. The normalized spacial score (nSPS) is 11.2. The molecule has 9 heteroatoms. The third kappa shape index (κ3) is 5.37. The van der Waals surface area contributed by atoms with E-state index in [-0.39, 0.29) is 17.1 Å². The van der Waals surface area contributed by atoms with E-state index in [0.29, 0.717) is 22.5 Å². The molecule has 0 saturated carbocycles. The number of hydrogen-bond acceptors (Lipinski definition) is 4. The Bertz CT molecular complexity index is 1230. The van der Waals surface area contributed by atoms with Crippen LogP contribution >= 0.6 is 0 Å². The molecule has 0 aliphatic heterocycles. The number of aromatic nitrogens is 1. The Morgan fingerprint density at radius 3 is 2.10 bits per heavy atom. The van der Waals surface area contributed by atoms with Crippen LogP contribution in [0.2, 0.25) is 0 Å². The molecule has 162 valence electrons. The Labute approximate surface area is 179 Å². The number of aryl methyl sites for hydroxylation is 1. The molecule has 0 unspecified atom stereocenters. The number of carbonyl (C=O) groups is 2. The van der Waals surface area contributed by atoms with Crippen molar-refractivity contribution in [2.45, 2.75) is 19.6 Å². The summed E-state index contributed by atoms with van der Waals surface area (Å²) in [5.74, 6) is -1.50. The quantitative estimate of drug-likeness (QED) is 0.593. The number of benzene rings is 2. The predicted molar refractivity (Wildman–Crippen MR) is 115 cm³/mol. The molecule has 1 aromatic heterocycles. The van der Waals surface area contributed by atoms with Gasteiger partial charge in [0.05, 0.1) is 11.3 Å². The van der Waals surface area contributed by atoms with Crippen molar-refractivity contribution in [1.82, 2.24) is 15.4 Å². The summed E-state index contributed by atoms with van der Waals surface area (Å²) in [5.41, 5.74) is 8.08. The smallest absolute Gasteiger partial charge is 0.271 e. The van der Waals surface area contributed by atoms with E-state index in [4.69, 9.17) is 0 Å². The van der Waals surface area contributed by atoms with Crippen LogP contribution in [0.3, 0.4) is 0 Å². The number of hydrogen-bond donors (Lipinski definition) is 2. The van der Waals surface area contributed by atoms with Gasteiger partial charge in [-0.15, -0.1) is 0 Å². The molecule has 2 amide bonds. The Kier molecular flexibility index (Phi) is 6.26. The van der Waals surface area contributed by atoms with Crippen LogP contribution in [0, 0.1) is 19.7 Å². The minimum atomic E-state index is -3.17. The van der Waals surface area contributed by atoms with Gasteiger partial charge in [-0.2, -0.15) is 0 Å². The van der Waals surface area contributed by atoms with Crippen molar-refractivity contribution in [1.29, 1.82) is 0 Å². The summed E-state index contributed by atoms with van der Waals surface area (Å²) in [6.45, 7) is 3.58. The van der Waals surface area contributed by atoms with E-state index >= 15 is 0 Å². The zero-order valence-electron chi connectivity index (χ0n) is 17.3. The van der Waals surface area contributed by atoms with E-state index in [9.17, 15) is 22.4 Å². The van der Waals surface area contributed by atoms with Crippen molar-refractivity contribution in [2.75, 3.05) is 6.26 Å². The highest BCUT2D eigenvalue weighted by molar-refractivity contribution is 7.89. The predicted octanol–water partition coefficient (Wildman–Crippen LogP) is 2.85. The standard InChI is InChI=1S/C22H22FN3O4S/c1-14-12-20(15(2)26(14)19-10-8-18(23)9-11-19)22(28)25-24-21(27)17-6-4-16(5-7-17)13-31(3,29)30/h4-12H,13H2,1-3H3,(H,24,27)(H,25,28). The Morgan fingerprint density at radius 2 is 1.52 bits per heavy atom. The van der Waals surface area contributed by atoms with Crippen molar-refractivity contribution >= 4 is 21.7 Å². The van der Waals surface area contributed by atoms with Crippen molar-refractivity contribution in [3.8, 4) is 5.69 Å². The lowest BCUT2D eigenvalue weighted by atomic mass is 10.1. The molecule has 0 aliphatic rings. The molecular formula is C22H22FN3O4S. The fourth-order valence-electron chi connectivity index (χ4n) is 3.29. The number of nitrogens with zero attached hydrogens (tertiary/aromatic N) is 1. The van der Waals surface area contributed by atoms with Crippen molar-refractivity contribution in [3.05, 3.63) is 88.5 Å². The van der Waals surface area contributed by atoms with Gasteiger partial charge in [-0.3, -0.25) is 20.4 Å². The summed E-state index contributed by atoms with van der Waals surface area (Å²) >= 11 is 0. The number of sulfone groups is 1. The molecule has 1 heterocycles. The first-order valence-electron chi connectivity index (χ1n) is 9.37. The van der Waals surface area contributed by atoms with Crippen LogP contribution in [0.5, 0.6) is 0 Å². The van der Waals surface area contributed by atoms with Crippen LogP contribution in [0.4, 0.5) is 4.39 Å². The summed E-state index contributed by atoms with van der Waals surface area (Å²) in [6.07, 6.45) is 1.14. The fraction of sp³-hybridized carbons (Fsp3) is 0.182. The first-order valence-corrected chi connectivity index (χ1v) is 11.4. The van der Waals surface area contributed by atoms with E-state index in [1.54, 1.807) is 37.3 Å². The zero-order chi connectivity index (χ0) is 22.8. The molecule has 0 fully saturated rings. The van der Waals surface area contributed by atoms with Gasteiger partial charge in [-0.25, -0.2) is 12.8 Å². The van der Waals surface area contributed by atoms with Gasteiger partial charge < -0.3 is 4.57 Å². The first kappa shape index (κ1) is 22.2. The second-order valence-electron chi connectivity index (χ2n) is 7.27. The average Bonchev–Trinajstić information content (AvgIpc) is 3.00. The molecule has 0 bridgehead atoms. The Balaban J connectivity index is 1.69. The lowest BCUT2D eigenvalue weighted by Gasteiger charge is -2.11. The highest BCUT2D eigenvalue weighted by Crippen LogP contribution is 2.21. The largest absolute Gasteiger partial charge is 0.318 e. The third-order valence-electron chi connectivity index (χ3n) is 4.70. The SMILES string of the molecule is Cc1cc(C(=O)NNC(=O)c2ccc(CS(C)(=O)=O)cc2)c(C)n1-c1ccc(F)cc1. The van der Waals surface area contributed by atoms with E-state index in [1.165, 1.54) is 24.3 Å². The fourth-order valence-corrected chi connectivity index (χ4v) is 4.09. The van der Waals surface area contributed by atoms with Gasteiger partial charge in [-0.05, 0) is 61.9 Å². The maximum Gasteiger partial charge on any atom is 0.271 e. The summed E-state index contributed by atoms with van der Waals surface area (Å²) in [7, 11) is -3.17. The van der Waals surface area contributed by atoms with Gasteiger partial charge in [0.1, 0.15) is 5.82 Å². The van der Waals surface area contributed by atoms with E-state index in [2.05, 4.69) is 10.9 Å². The average molecular weight is 444 g/mol. The van der Waals surface area contributed by atoms with Crippen LogP contribution in [0.15, 0.2) is 54.6 Å². The molecule has 31 heavy (non-hydrogen) atoms. The third-order valence-corrected chi connectivity index (χ3v) is 5.55. The Morgan fingerprint density at radius 1 is 0.935 bits per heavy atom. The van der Waals surface area contributed by atoms with Crippen LogP contribution in [0.25, 0.3) is 5.69 Å². The molecule has 3 rings (SSSR count). The summed E-state index contributed by atoms with van der Waals surface area (Å²) in [5, 5.41) is 0. The molecular weight excluding hydrogens is 421 g/mol. The van der Waals surface area contributed by atoms with Crippen LogP contribution in [-0.2, 0) is 15.6 Å². The number of hydrazine groups is 1. The lowest BCUT2D eigenvalue weighted by molar-refractivity contribution is 0.0846. The minimum absolute atomic E-state index is 0.116. The van der Waals surface area contributed by atoms with Gasteiger partial charge in [0.25, 0.3) is 11.8 Å². The van der Waals surface area contributed by atoms with Gasteiger partial charge in [0.2, 0.25) is 0 Å². The van der Waals surface area contributed by atoms with Crippen molar-refractivity contribution in [2.24, 2.45) is 0 Å². The van der Waals surface area contributed by atoms with E-state index < -0.39 is 21.7 Å². The second kappa shape index (κ2) is 8.73. The van der Waals surface area contributed by atoms with E-state index in [0.717, 1.165) is 11.9 Å². The van der Waals surface area contributed by atoms with Crippen molar-refractivity contribution < 1.29 is 22.4 Å². The van der Waals surface area contributed by atoms with E-state index in [1.807, 2.05) is 11.5 Å². The first-order chi connectivity index (χ1) is 14.5. The van der Waals surface area contributed by atoms with Gasteiger partial charge in [-0.1, -0.05) is 12.1 Å². The topological polar surface area (TPSA) is 97.3 Å². The number of nitrogens with one attached hydrogen (secondary N) is 2. The number of carbonyl (C=O) groups excluding carboxylic acids is 2. The minimum Gasteiger partial charge on any atom is -0.318 e. The van der Waals surface area contributed by atoms with Gasteiger partial charge in [0, 0.05) is 28.9 Å². The highest BCUT2D eigenvalue weighted by Gasteiger charge is 2.17. The molecule has 7 nitrogen and oxygen atoms in total. The Hall–Kier alpha value is -3.46. The molecule has 0 spiro atoms. The van der Waals surface area contributed by atoms with Crippen LogP contribution in [-0.4, -0.2) is 31.1 Å². The molecule has 0 saturated heterocycles. The molecule has 0 radical (unpaired) electrons. The summed E-state index contributed by atoms with van der Waals surface area (Å²) in [6, 6.07) is 13.7. The second-order valence-corrected chi connectivity index (χ2v) is 9.41.